The average molecular weight is 452 g/mol. The van der Waals surface area contributed by atoms with Crippen LogP contribution in [0.15, 0.2) is 24.4 Å². The van der Waals surface area contributed by atoms with Gasteiger partial charge in [0.2, 0.25) is 17.7 Å². The van der Waals surface area contributed by atoms with Crippen LogP contribution in [0.25, 0.3) is 0 Å². The lowest BCUT2D eigenvalue weighted by Gasteiger charge is -2.32. The van der Waals surface area contributed by atoms with Gasteiger partial charge in [-0.3, -0.25) is 9.59 Å². The first-order valence-corrected chi connectivity index (χ1v) is 11.1. The summed E-state index contributed by atoms with van der Waals surface area (Å²) in [6, 6.07) is 7.54. The fourth-order valence-electron chi connectivity index (χ4n) is 3.92. The molecule has 1 saturated heterocycles. The second kappa shape index (κ2) is 11.3. The molecule has 2 N–H and O–H groups in total. The molecule has 1 aromatic heterocycles. The summed E-state index contributed by atoms with van der Waals surface area (Å²) >= 11 is 0. The highest BCUT2D eigenvalue weighted by Crippen LogP contribution is 2.29. The highest BCUT2D eigenvalue weighted by molar-refractivity contribution is 5.76. The zero-order chi connectivity index (χ0) is 23.8. The highest BCUT2D eigenvalue weighted by atomic mass is 16.5. The number of nitrogens with zero attached hydrogens (tertiary/aromatic N) is 4. The number of carbonyl (C=O) groups excluding carboxylic acids is 1. The van der Waals surface area contributed by atoms with Crippen molar-refractivity contribution in [3.63, 3.8) is 0 Å². The van der Waals surface area contributed by atoms with Crippen molar-refractivity contribution in [1.82, 2.24) is 14.9 Å². The maximum Gasteiger partial charge on any atom is 0.303 e. The lowest BCUT2D eigenvalue weighted by molar-refractivity contribution is -0.137. The van der Waals surface area contributed by atoms with E-state index in [0.717, 1.165) is 24.0 Å². The van der Waals surface area contributed by atoms with Crippen LogP contribution >= 0.6 is 0 Å². The van der Waals surface area contributed by atoms with Crippen molar-refractivity contribution < 1.29 is 19.4 Å². The molecule has 1 aliphatic rings. The summed E-state index contributed by atoms with van der Waals surface area (Å²) in [5.41, 5.74) is 2.31. The number of aromatic nitrogens is 2. The highest BCUT2D eigenvalue weighted by Gasteiger charge is 2.23. The van der Waals surface area contributed by atoms with Crippen molar-refractivity contribution in [2.45, 2.75) is 58.4 Å². The Kier molecular flexibility index (Phi) is 8.19. The van der Waals surface area contributed by atoms with Gasteiger partial charge < -0.3 is 20.1 Å². The summed E-state index contributed by atoms with van der Waals surface area (Å²) in [6.45, 7) is 5.08. The molecule has 33 heavy (non-hydrogen) atoms. The number of nitrogens with one attached hydrogen (secondary N) is 1. The number of rotatable bonds is 9. The van der Waals surface area contributed by atoms with Gasteiger partial charge in [0, 0.05) is 44.2 Å². The molecule has 0 saturated carbocycles. The van der Waals surface area contributed by atoms with Gasteiger partial charge in [0.1, 0.15) is 5.75 Å². The number of hydrogen-bond acceptors (Lipinski definition) is 7. The topological polar surface area (TPSA) is 128 Å². The van der Waals surface area contributed by atoms with Gasteiger partial charge >= 0.3 is 5.97 Å². The van der Waals surface area contributed by atoms with E-state index in [9.17, 15) is 9.59 Å². The van der Waals surface area contributed by atoms with Crippen LogP contribution in [-0.2, 0) is 9.59 Å². The standard InChI is InChI=1S/C24H29N5O4/c1-16-13-18(15-25)14-17(2)23(16)33-20-7-10-26-24(28-20)27-19-8-11-29(12-9-19)21(30)5-3-4-6-22(31)32/h7,10,13-14,19H,3-6,8-9,11-12H2,1-2H3,(H,31,32)(H,26,27,28). The predicted molar refractivity (Wildman–Crippen MR) is 122 cm³/mol. The Morgan fingerprint density at radius 1 is 1.21 bits per heavy atom. The predicted octanol–water partition coefficient (Wildman–Crippen LogP) is 3.81. The van der Waals surface area contributed by atoms with Gasteiger partial charge in [0.05, 0.1) is 11.6 Å². The first-order valence-electron chi connectivity index (χ1n) is 11.1. The van der Waals surface area contributed by atoms with Crippen molar-refractivity contribution in [1.29, 1.82) is 5.26 Å². The van der Waals surface area contributed by atoms with Crippen LogP contribution in [0.1, 0.15) is 55.2 Å². The number of anilines is 1. The van der Waals surface area contributed by atoms with Crippen LogP contribution in [0.5, 0.6) is 11.6 Å². The summed E-state index contributed by atoms with van der Waals surface area (Å²) in [5.74, 6) is 0.813. The van der Waals surface area contributed by atoms with Crippen LogP contribution in [-0.4, -0.2) is 51.0 Å². The first kappa shape index (κ1) is 24.0. The lowest BCUT2D eigenvalue weighted by atomic mass is 10.0. The third-order valence-corrected chi connectivity index (χ3v) is 5.64. The number of piperidine rings is 1. The second-order valence-corrected chi connectivity index (χ2v) is 8.27. The number of unbranched alkanes of at least 4 members (excludes halogenated alkanes) is 1. The van der Waals surface area contributed by atoms with Crippen molar-refractivity contribution in [3.05, 3.63) is 41.1 Å². The molecule has 0 aliphatic carbocycles. The van der Waals surface area contributed by atoms with Crippen LogP contribution in [0, 0.1) is 25.2 Å². The lowest BCUT2D eigenvalue weighted by Crippen LogP contribution is -2.42. The van der Waals surface area contributed by atoms with Crippen molar-refractivity contribution in [3.8, 4) is 17.7 Å². The van der Waals surface area contributed by atoms with E-state index in [-0.39, 0.29) is 18.4 Å². The second-order valence-electron chi connectivity index (χ2n) is 8.27. The fourth-order valence-corrected chi connectivity index (χ4v) is 3.92. The number of hydrogen-bond donors (Lipinski definition) is 2. The Labute approximate surface area is 193 Å². The maximum absolute atomic E-state index is 12.3. The van der Waals surface area contributed by atoms with E-state index in [4.69, 9.17) is 15.1 Å². The van der Waals surface area contributed by atoms with Crippen LogP contribution in [0.2, 0.25) is 0 Å². The van der Waals surface area contributed by atoms with E-state index >= 15 is 0 Å². The van der Waals surface area contributed by atoms with E-state index in [2.05, 4.69) is 21.4 Å². The molecular weight excluding hydrogens is 422 g/mol. The van der Waals surface area contributed by atoms with Gasteiger partial charge in [-0.2, -0.15) is 10.2 Å². The Balaban J connectivity index is 1.51. The molecular formula is C24H29N5O4. The number of carbonyl (C=O) groups is 2. The molecule has 9 heteroatoms. The molecule has 9 nitrogen and oxygen atoms in total. The minimum atomic E-state index is -0.826. The number of carboxylic acid groups (broad SMARTS) is 1. The first-order chi connectivity index (χ1) is 15.9. The van der Waals surface area contributed by atoms with Gasteiger partial charge in [0.25, 0.3) is 0 Å². The zero-order valence-corrected chi connectivity index (χ0v) is 19.0. The Hall–Kier alpha value is -3.67. The molecule has 1 fully saturated rings. The molecule has 0 bridgehead atoms. The van der Waals surface area contributed by atoms with Crippen LogP contribution in [0.3, 0.4) is 0 Å². The Morgan fingerprint density at radius 3 is 2.52 bits per heavy atom. The summed E-state index contributed by atoms with van der Waals surface area (Å²) in [6.07, 6.45) is 4.81. The molecule has 1 aromatic carbocycles. The van der Waals surface area contributed by atoms with Crippen molar-refractivity contribution in [2.75, 3.05) is 18.4 Å². The Morgan fingerprint density at radius 2 is 1.88 bits per heavy atom. The number of likely N-dealkylation sites (tertiary alicyclic amines) is 1. The largest absolute Gasteiger partial charge is 0.481 e. The normalized spacial score (nSPS) is 13.9. The minimum absolute atomic E-state index is 0.0821. The quantitative estimate of drug-likeness (QED) is 0.551. The molecule has 1 amide bonds. The van der Waals surface area contributed by atoms with Crippen molar-refractivity contribution >= 4 is 17.8 Å². The number of aryl methyl sites for hydroxylation is 2. The van der Waals surface area contributed by atoms with Gasteiger partial charge in [-0.05, 0) is 62.8 Å². The number of ether oxygens (including phenoxy) is 1. The molecule has 0 radical (unpaired) electrons. The van der Waals surface area contributed by atoms with Crippen LogP contribution in [0.4, 0.5) is 5.95 Å². The number of carboxylic acids is 1. The van der Waals surface area contributed by atoms with E-state index in [1.165, 1.54) is 0 Å². The Bertz CT molecular complexity index is 1020. The maximum atomic E-state index is 12.3. The zero-order valence-electron chi connectivity index (χ0n) is 19.0. The molecule has 2 heterocycles. The number of nitriles is 1. The number of amides is 1. The average Bonchev–Trinajstić information content (AvgIpc) is 2.79. The molecule has 0 atom stereocenters. The summed E-state index contributed by atoms with van der Waals surface area (Å²) in [7, 11) is 0. The molecule has 0 spiro atoms. The van der Waals surface area contributed by atoms with Crippen LogP contribution < -0.4 is 10.1 Å². The molecule has 0 unspecified atom stereocenters. The van der Waals surface area contributed by atoms with Gasteiger partial charge in [-0.15, -0.1) is 0 Å². The summed E-state index contributed by atoms with van der Waals surface area (Å²) < 4.78 is 5.99. The third kappa shape index (κ3) is 6.91. The molecule has 3 rings (SSSR count). The third-order valence-electron chi connectivity index (χ3n) is 5.64. The van der Waals surface area contributed by atoms with Gasteiger partial charge in [-0.1, -0.05) is 0 Å². The van der Waals surface area contributed by atoms with E-state index in [0.29, 0.717) is 55.5 Å². The number of benzene rings is 1. The SMILES string of the molecule is Cc1cc(C#N)cc(C)c1Oc1ccnc(NC2CCN(C(=O)CCCCC(=O)O)CC2)n1. The van der Waals surface area contributed by atoms with Crippen molar-refractivity contribution in [2.24, 2.45) is 0 Å². The number of aliphatic carboxylic acids is 1. The van der Waals surface area contributed by atoms with E-state index in [1.54, 1.807) is 24.4 Å². The monoisotopic (exact) mass is 451 g/mol. The molecule has 2 aromatic rings. The summed E-state index contributed by atoms with van der Waals surface area (Å²) in [5, 5.41) is 21.1. The smallest absolute Gasteiger partial charge is 0.303 e. The summed E-state index contributed by atoms with van der Waals surface area (Å²) in [4.78, 5) is 33.5. The van der Waals surface area contributed by atoms with Gasteiger partial charge in [-0.25, -0.2) is 4.98 Å². The van der Waals surface area contributed by atoms with E-state index in [1.807, 2.05) is 18.7 Å². The fraction of sp³-hybridized carbons (Fsp3) is 0.458. The van der Waals surface area contributed by atoms with Gasteiger partial charge in [0.15, 0.2) is 0 Å². The minimum Gasteiger partial charge on any atom is -0.481 e. The molecule has 174 valence electrons. The molecule has 1 aliphatic heterocycles. The van der Waals surface area contributed by atoms with E-state index < -0.39 is 5.97 Å².